The van der Waals surface area contributed by atoms with Gasteiger partial charge in [0.05, 0.1) is 0 Å². The van der Waals surface area contributed by atoms with E-state index in [1.54, 1.807) is 0 Å². The van der Waals surface area contributed by atoms with Gasteiger partial charge in [0.1, 0.15) is 6.61 Å². The van der Waals surface area contributed by atoms with Crippen LogP contribution in [0, 0.1) is 27.7 Å². The average Bonchev–Trinajstić information content (AvgIpc) is 3.16. The number of rotatable bonds is 4. The zero-order valence-electron chi connectivity index (χ0n) is 18.8. The quantitative estimate of drug-likeness (QED) is 0.521. The average molecular weight is 436 g/mol. The summed E-state index contributed by atoms with van der Waals surface area (Å²) in [6.07, 6.45) is 3.10. The second-order valence-electron chi connectivity index (χ2n) is 7.92. The molecule has 0 spiro atoms. The Balaban J connectivity index is 0.000000628. The number of fused-ring (bicyclic) bond motifs is 1. The van der Waals surface area contributed by atoms with E-state index in [4.69, 9.17) is 14.6 Å². The van der Waals surface area contributed by atoms with E-state index < -0.39 is 5.97 Å². The number of ether oxygens (including phenoxy) is 1. The highest BCUT2D eigenvalue weighted by atomic mass is 32.2. The summed E-state index contributed by atoms with van der Waals surface area (Å²) in [5.74, 6) is 1.08. The Morgan fingerprint density at radius 3 is 2.48 bits per heavy atom. The van der Waals surface area contributed by atoms with Gasteiger partial charge in [-0.3, -0.25) is 4.79 Å². The summed E-state index contributed by atoms with van der Waals surface area (Å²) in [5, 5.41) is 7.42. The largest absolute Gasteiger partial charge is 0.481 e. The maximum atomic E-state index is 9.00. The Morgan fingerprint density at radius 2 is 1.81 bits per heavy atom. The lowest BCUT2D eigenvalue weighted by Crippen LogP contribution is -2.01. The van der Waals surface area contributed by atoms with Crippen LogP contribution in [0.3, 0.4) is 0 Å². The first-order valence-corrected chi connectivity index (χ1v) is 11.4. The predicted octanol–water partition coefficient (Wildman–Crippen LogP) is 6.30. The normalized spacial score (nSPS) is 12.0. The van der Waals surface area contributed by atoms with E-state index in [9.17, 15) is 0 Å². The van der Waals surface area contributed by atoms with Gasteiger partial charge in [-0.05, 0) is 73.6 Å². The zero-order valence-corrected chi connectivity index (χ0v) is 19.6. The lowest BCUT2D eigenvalue weighted by atomic mass is 9.93. The lowest BCUT2D eigenvalue weighted by Gasteiger charge is -2.14. The summed E-state index contributed by atoms with van der Waals surface area (Å²) in [4.78, 5) is 14.9. The lowest BCUT2D eigenvalue weighted by molar-refractivity contribution is -0.134. The fourth-order valence-electron chi connectivity index (χ4n) is 4.02. The van der Waals surface area contributed by atoms with Crippen LogP contribution in [0.2, 0.25) is 0 Å². The van der Waals surface area contributed by atoms with Gasteiger partial charge in [0, 0.05) is 29.3 Å². The number of benzene rings is 2. The van der Waals surface area contributed by atoms with Crippen molar-refractivity contribution in [1.82, 2.24) is 4.98 Å². The summed E-state index contributed by atoms with van der Waals surface area (Å²) in [7, 11) is 0. The molecule has 3 aromatic rings. The van der Waals surface area contributed by atoms with Crippen LogP contribution in [-0.2, 0) is 17.8 Å². The molecule has 0 unspecified atom stereocenters. The van der Waals surface area contributed by atoms with Crippen LogP contribution in [0.1, 0.15) is 40.3 Å². The molecular formula is C26H29NO3S. The van der Waals surface area contributed by atoms with Gasteiger partial charge in [0.15, 0.2) is 0 Å². The molecule has 0 atom stereocenters. The summed E-state index contributed by atoms with van der Waals surface area (Å²) >= 11 is 1.91. The molecule has 0 saturated carbocycles. The number of carbonyl (C=O) groups is 1. The van der Waals surface area contributed by atoms with E-state index in [1.807, 2.05) is 18.0 Å². The van der Waals surface area contributed by atoms with Gasteiger partial charge in [-0.25, -0.2) is 4.98 Å². The Bertz CT molecular complexity index is 1080. The van der Waals surface area contributed by atoms with Crippen molar-refractivity contribution in [1.29, 1.82) is 0 Å². The molecule has 2 heterocycles. The van der Waals surface area contributed by atoms with Crippen LogP contribution in [-0.4, -0.2) is 21.8 Å². The van der Waals surface area contributed by atoms with E-state index >= 15 is 0 Å². The van der Waals surface area contributed by atoms with Crippen LogP contribution in [0.5, 0.6) is 5.88 Å². The second kappa shape index (κ2) is 10.0. The van der Waals surface area contributed by atoms with Crippen molar-refractivity contribution in [2.45, 2.75) is 52.5 Å². The first kappa shape index (κ1) is 22.9. The molecule has 0 radical (unpaired) electrons. The molecule has 0 bridgehead atoms. The maximum Gasteiger partial charge on any atom is 0.300 e. The third-order valence-electron chi connectivity index (χ3n) is 5.18. The molecule has 5 heteroatoms. The number of aryl methyl sites for hydroxylation is 4. The highest BCUT2D eigenvalue weighted by Gasteiger charge is 2.18. The second-order valence-corrected chi connectivity index (χ2v) is 9.03. The predicted molar refractivity (Wildman–Crippen MR) is 127 cm³/mol. The van der Waals surface area contributed by atoms with Gasteiger partial charge in [-0.1, -0.05) is 35.9 Å². The monoisotopic (exact) mass is 435 g/mol. The Labute approximate surface area is 188 Å². The molecule has 1 aliphatic heterocycles. The van der Waals surface area contributed by atoms with Gasteiger partial charge < -0.3 is 9.84 Å². The van der Waals surface area contributed by atoms with Crippen LogP contribution in [0.25, 0.3) is 11.1 Å². The van der Waals surface area contributed by atoms with Crippen LogP contribution < -0.4 is 4.74 Å². The van der Waals surface area contributed by atoms with Crippen molar-refractivity contribution < 1.29 is 14.6 Å². The van der Waals surface area contributed by atoms with Crippen molar-refractivity contribution in [2.24, 2.45) is 0 Å². The molecular weight excluding hydrogens is 406 g/mol. The number of thioether (sulfide) groups is 1. The summed E-state index contributed by atoms with van der Waals surface area (Å²) in [6, 6.07) is 13.2. The number of carboxylic acid groups (broad SMARTS) is 1. The minimum atomic E-state index is -0.833. The third kappa shape index (κ3) is 5.67. The van der Waals surface area contributed by atoms with E-state index in [1.165, 1.54) is 49.4 Å². The molecule has 31 heavy (non-hydrogen) atoms. The highest BCUT2D eigenvalue weighted by Crippen LogP contribution is 2.37. The van der Waals surface area contributed by atoms with Crippen LogP contribution in [0.15, 0.2) is 47.5 Å². The van der Waals surface area contributed by atoms with E-state index in [2.05, 4.69) is 69.1 Å². The van der Waals surface area contributed by atoms with Gasteiger partial charge >= 0.3 is 0 Å². The molecule has 1 aliphatic rings. The molecule has 4 rings (SSSR count). The number of aromatic nitrogens is 1. The number of hydrogen-bond acceptors (Lipinski definition) is 4. The molecule has 4 nitrogen and oxygen atoms in total. The van der Waals surface area contributed by atoms with E-state index in [0.29, 0.717) is 6.61 Å². The molecule has 1 aromatic heterocycles. The molecule has 2 aromatic carbocycles. The highest BCUT2D eigenvalue weighted by molar-refractivity contribution is 7.99. The van der Waals surface area contributed by atoms with E-state index in [0.717, 1.165) is 25.0 Å². The van der Waals surface area contributed by atoms with Gasteiger partial charge in [0.2, 0.25) is 5.88 Å². The number of carboxylic acids is 1. The number of hydrogen-bond donors (Lipinski definition) is 1. The van der Waals surface area contributed by atoms with Crippen molar-refractivity contribution in [3.05, 3.63) is 76.0 Å². The molecule has 162 valence electrons. The molecule has 1 N–H and O–H groups in total. The molecule has 0 saturated heterocycles. The first-order valence-electron chi connectivity index (χ1n) is 10.4. The smallest absolute Gasteiger partial charge is 0.300 e. The van der Waals surface area contributed by atoms with E-state index in [-0.39, 0.29) is 0 Å². The van der Waals surface area contributed by atoms with Crippen LogP contribution >= 0.6 is 11.8 Å². The van der Waals surface area contributed by atoms with Gasteiger partial charge in [-0.2, -0.15) is 0 Å². The summed E-state index contributed by atoms with van der Waals surface area (Å²) in [5.41, 5.74) is 10.2. The maximum absolute atomic E-state index is 9.00. The minimum absolute atomic E-state index is 0.537. The molecule has 0 aliphatic carbocycles. The third-order valence-corrected chi connectivity index (χ3v) is 6.44. The Hall–Kier alpha value is -2.79. The summed E-state index contributed by atoms with van der Waals surface area (Å²) in [6.45, 7) is 10.3. The van der Waals surface area contributed by atoms with Crippen molar-refractivity contribution >= 4 is 17.7 Å². The minimum Gasteiger partial charge on any atom is -0.481 e. The first-order chi connectivity index (χ1) is 14.8. The molecule has 0 fully saturated rings. The zero-order chi connectivity index (χ0) is 22.5. The van der Waals surface area contributed by atoms with Gasteiger partial charge in [0.25, 0.3) is 5.97 Å². The van der Waals surface area contributed by atoms with Crippen molar-refractivity contribution in [2.75, 3.05) is 5.75 Å². The Kier molecular flexibility index (Phi) is 7.39. The molecule has 0 amide bonds. The standard InChI is InChI=1S/C24H25NOS.C2H4O2/c1-15-10-16(2)22(17(3)11-15)20-7-5-6-19(12-20)14-26-24-18(4)23-21(13-25-24)8-9-27-23;1-2(3)4/h5-7,10-13H,8-9,14H2,1-4H3;1H3,(H,3,4). The topological polar surface area (TPSA) is 59.4 Å². The van der Waals surface area contributed by atoms with Gasteiger partial charge in [-0.15, -0.1) is 11.8 Å². The summed E-state index contributed by atoms with van der Waals surface area (Å²) < 4.78 is 6.09. The SMILES string of the molecule is CC(=O)O.Cc1cc(C)c(-c2cccc(COc3ncc4c(c3C)SCC4)c2)c(C)c1. The number of aliphatic carboxylic acids is 1. The van der Waals surface area contributed by atoms with Crippen LogP contribution in [0.4, 0.5) is 0 Å². The number of pyridine rings is 1. The van der Waals surface area contributed by atoms with Crippen molar-refractivity contribution in [3.8, 4) is 17.0 Å². The number of nitrogens with zero attached hydrogens (tertiary/aromatic N) is 1. The van der Waals surface area contributed by atoms with Crippen molar-refractivity contribution in [3.63, 3.8) is 0 Å². The fourth-order valence-corrected chi connectivity index (χ4v) is 5.19. The fraction of sp³-hybridized carbons (Fsp3) is 0.308. The Morgan fingerprint density at radius 1 is 1.13 bits per heavy atom.